The van der Waals surface area contributed by atoms with Crippen LogP contribution in [0.3, 0.4) is 0 Å². The number of hydroxylamine groups is 2. The van der Waals surface area contributed by atoms with Gasteiger partial charge in [0.25, 0.3) is 5.91 Å². The molecule has 0 N–H and O–H groups in total. The summed E-state index contributed by atoms with van der Waals surface area (Å²) < 4.78 is 0. The summed E-state index contributed by atoms with van der Waals surface area (Å²) in [5.74, 6) is -0.0204. The number of fused-ring (bicyclic) bond motifs is 1. The van der Waals surface area contributed by atoms with Gasteiger partial charge in [0.05, 0.1) is 12.1 Å². The third-order valence-electron chi connectivity index (χ3n) is 2.38. The Morgan fingerprint density at radius 3 is 3.31 bits per heavy atom. The molecule has 3 nitrogen and oxygen atoms in total. The number of amides is 1. The molecule has 1 amide bonds. The first kappa shape index (κ1) is 8.51. The minimum atomic E-state index is -0.0204. The van der Waals surface area contributed by atoms with Gasteiger partial charge in [-0.2, -0.15) is 0 Å². The average molecular weight is 179 g/mol. The second-order valence-corrected chi connectivity index (χ2v) is 3.36. The molecule has 0 radical (unpaired) electrons. The molecule has 70 valence electrons. The fraction of sp³-hybridized carbons (Fsp3) is 0.500. The standard InChI is InChI=1S/C10H13NO2/c1-2-3-4-9-7-8-5-6-10(12)11(8)13-9/h2-3,5-6,8-9H,4,7H2,1H3/b3-2+/t8-,9+/m0/s1. The van der Waals surface area contributed by atoms with Crippen LogP contribution in [0, 0.1) is 0 Å². The van der Waals surface area contributed by atoms with Gasteiger partial charge in [-0.25, -0.2) is 5.06 Å². The van der Waals surface area contributed by atoms with E-state index < -0.39 is 0 Å². The molecule has 0 saturated carbocycles. The molecular formula is C10H13NO2. The van der Waals surface area contributed by atoms with E-state index in [1.807, 2.05) is 19.1 Å². The van der Waals surface area contributed by atoms with Crippen molar-refractivity contribution in [2.24, 2.45) is 0 Å². The van der Waals surface area contributed by atoms with Crippen LogP contribution in [-0.2, 0) is 9.63 Å². The number of hydrogen-bond donors (Lipinski definition) is 0. The quantitative estimate of drug-likeness (QED) is 0.600. The van der Waals surface area contributed by atoms with Crippen LogP contribution in [0.5, 0.6) is 0 Å². The molecule has 3 heteroatoms. The molecule has 0 aromatic heterocycles. The molecule has 2 heterocycles. The molecule has 1 saturated heterocycles. The summed E-state index contributed by atoms with van der Waals surface area (Å²) in [6, 6.07) is 0.183. The number of hydrogen-bond acceptors (Lipinski definition) is 2. The van der Waals surface area contributed by atoms with Crippen LogP contribution in [0.2, 0.25) is 0 Å². The summed E-state index contributed by atoms with van der Waals surface area (Å²) in [5.41, 5.74) is 0. The van der Waals surface area contributed by atoms with Crippen molar-refractivity contribution in [1.29, 1.82) is 0 Å². The molecule has 2 aliphatic rings. The molecule has 2 aliphatic heterocycles. The van der Waals surface area contributed by atoms with Crippen molar-refractivity contribution in [3.63, 3.8) is 0 Å². The maximum atomic E-state index is 11.2. The van der Waals surface area contributed by atoms with Crippen LogP contribution < -0.4 is 0 Å². The van der Waals surface area contributed by atoms with E-state index in [2.05, 4.69) is 6.08 Å². The molecular weight excluding hydrogens is 166 g/mol. The van der Waals surface area contributed by atoms with Crippen LogP contribution in [0.1, 0.15) is 19.8 Å². The summed E-state index contributed by atoms with van der Waals surface area (Å²) in [5, 5.41) is 1.48. The minimum absolute atomic E-state index is 0.0204. The molecule has 0 unspecified atom stereocenters. The molecule has 0 spiro atoms. The van der Waals surface area contributed by atoms with E-state index in [0.717, 1.165) is 12.8 Å². The van der Waals surface area contributed by atoms with Crippen molar-refractivity contribution in [2.75, 3.05) is 0 Å². The van der Waals surface area contributed by atoms with Crippen LogP contribution in [0.4, 0.5) is 0 Å². The highest BCUT2D eigenvalue weighted by Gasteiger charge is 2.37. The smallest absolute Gasteiger partial charge is 0.267 e. The Bertz CT molecular complexity index is 270. The first-order valence-electron chi connectivity index (χ1n) is 4.60. The number of carbonyl (C=O) groups excluding carboxylic acids is 1. The normalized spacial score (nSPS) is 32.1. The SMILES string of the molecule is C/C=C/C[C@@H]1C[C@@H]2C=CC(=O)N2O1. The Hall–Kier alpha value is -1.09. The third-order valence-corrected chi connectivity index (χ3v) is 2.38. The number of rotatable bonds is 2. The molecule has 1 fully saturated rings. The van der Waals surface area contributed by atoms with E-state index in [1.165, 1.54) is 5.06 Å². The van der Waals surface area contributed by atoms with E-state index in [9.17, 15) is 4.79 Å². The van der Waals surface area contributed by atoms with Crippen molar-refractivity contribution < 1.29 is 9.63 Å². The number of allylic oxidation sites excluding steroid dienone is 1. The van der Waals surface area contributed by atoms with Crippen LogP contribution in [-0.4, -0.2) is 23.1 Å². The highest BCUT2D eigenvalue weighted by Crippen LogP contribution is 2.28. The average Bonchev–Trinajstić information content (AvgIpc) is 2.65. The fourth-order valence-corrected chi connectivity index (χ4v) is 1.71. The van der Waals surface area contributed by atoms with Gasteiger partial charge in [0, 0.05) is 12.5 Å². The van der Waals surface area contributed by atoms with Crippen molar-refractivity contribution in [3.8, 4) is 0 Å². The van der Waals surface area contributed by atoms with Gasteiger partial charge in [0.15, 0.2) is 0 Å². The maximum Gasteiger partial charge on any atom is 0.270 e. The Morgan fingerprint density at radius 1 is 1.77 bits per heavy atom. The van der Waals surface area contributed by atoms with Gasteiger partial charge in [-0.05, 0) is 13.3 Å². The summed E-state index contributed by atoms with van der Waals surface area (Å²) >= 11 is 0. The van der Waals surface area contributed by atoms with Gasteiger partial charge in [0.1, 0.15) is 0 Å². The van der Waals surface area contributed by atoms with Crippen LogP contribution in [0.25, 0.3) is 0 Å². The number of nitrogens with zero attached hydrogens (tertiary/aromatic N) is 1. The maximum absolute atomic E-state index is 11.2. The van der Waals surface area contributed by atoms with E-state index in [1.54, 1.807) is 6.08 Å². The highest BCUT2D eigenvalue weighted by molar-refractivity contribution is 5.89. The van der Waals surface area contributed by atoms with E-state index in [-0.39, 0.29) is 18.1 Å². The zero-order valence-corrected chi connectivity index (χ0v) is 7.64. The largest absolute Gasteiger partial charge is 0.270 e. The van der Waals surface area contributed by atoms with Crippen LogP contribution >= 0.6 is 0 Å². The Balaban J connectivity index is 1.94. The molecule has 0 aromatic carbocycles. The lowest BCUT2D eigenvalue weighted by Gasteiger charge is -2.13. The van der Waals surface area contributed by atoms with E-state index in [4.69, 9.17) is 4.84 Å². The lowest BCUT2D eigenvalue weighted by molar-refractivity contribution is -0.176. The summed E-state index contributed by atoms with van der Waals surface area (Å²) in [6.07, 6.45) is 9.56. The van der Waals surface area contributed by atoms with Crippen LogP contribution in [0.15, 0.2) is 24.3 Å². The van der Waals surface area contributed by atoms with Gasteiger partial charge in [-0.1, -0.05) is 18.2 Å². The molecule has 2 atom stereocenters. The minimum Gasteiger partial charge on any atom is -0.267 e. The Labute approximate surface area is 77.6 Å². The summed E-state index contributed by atoms with van der Waals surface area (Å²) in [7, 11) is 0. The Morgan fingerprint density at radius 2 is 2.62 bits per heavy atom. The van der Waals surface area contributed by atoms with Crippen molar-refractivity contribution >= 4 is 5.91 Å². The summed E-state index contributed by atoms with van der Waals surface area (Å²) in [4.78, 5) is 16.6. The molecule has 0 bridgehead atoms. The Kier molecular flexibility index (Phi) is 2.19. The van der Waals surface area contributed by atoms with Gasteiger partial charge in [-0.15, -0.1) is 0 Å². The zero-order chi connectivity index (χ0) is 9.26. The number of carbonyl (C=O) groups is 1. The first-order valence-corrected chi connectivity index (χ1v) is 4.60. The predicted molar refractivity (Wildman–Crippen MR) is 48.7 cm³/mol. The van der Waals surface area contributed by atoms with E-state index in [0.29, 0.717) is 0 Å². The molecule has 0 aliphatic carbocycles. The topological polar surface area (TPSA) is 29.5 Å². The zero-order valence-electron chi connectivity index (χ0n) is 7.64. The van der Waals surface area contributed by atoms with Crippen molar-refractivity contribution in [2.45, 2.75) is 31.9 Å². The second-order valence-electron chi connectivity index (χ2n) is 3.36. The molecule has 0 aromatic rings. The van der Waals surface area contributed by atoms with Gasteiger partial charge < -0.3 is 0 Å². The molecule has 13 heavy (non-hydrogen) atoms. The van der Waals surface area contributed by atoms with E-state index >= 15 is 0 Å². The fourth-order valence-electron chi connectivity index (χ4n) is 1.71. The predicted octanol–water partition coefficient (Wildman–Crippen LogP) is 1.42. The van der Waals surface area contributed by atoms with Gasteiger partial charge in [0.2, 0.25) is 0 Å². The first-order chi connectivity index (χ1) is 6.31. The monoisotopic (exact) mass is 179 g/mol. The molecule has 2 rings (SSSR count). The second kappa shape index (κ2) is 3.34. The summed E-state index contributed by atoms with van der Waals surface area (Å²) in [6.45, 7) is 1.99. The lowest BCUT2D eigenvalue weighted by atomic mass is 10.1. The third kappa shape index (κ3) is 1.52. The lowest BCUT2D eigenvalue weighted by Crippen LogP contribution is -2.26. The van der Waals surface area contributed by atoms with Crippen molar-refractivity contribution in [3.05, 3.63) is 24.3 Å². The highest BCUT2D eigenvalue weighted by atomic mass is 16.7. The van der Waals surface area contributed by atoms with Gasteiger partial charge >= 0.3 is 0 Å². The van der Waals surface area contributed by atoms with Crippen molar-refractivity contribution in [1.82, 2.24) is 5.06 Å². The van der Waals surface area contributed by atoms with Gasteiger partial charge in [-0.3, -0.25) is 9.63 Å².